The van der Waals surface area contributed by atoms with Crippen LogP contribution in [0.4, 0.5) is 0 Å². The Labute approximate surface area is 114 Å². The van der Waals surface area contributed by atoms with Crippen molar-refractivity contribution in [3.8, 4) is 0 Å². The summed E-state index contributed by atoms with van der Waals surface area (Å²) < 4.78 is 0. The summed E-state index contributed by atoms with van der Waals surface area (Å²) in [5, 5.41) is 8.64. The zero-order valence-corrected chi connectivity index (χ0v) is 11.4. The first-order chi connectivity index (χ1) is 9.15. The quantitative estimate of drug-likeness (QED) is 0.826. The Morgan fingerprint density at radius 3 is 2.84 bits per heavy atom. The van der Waals surface area contributed by atoms with Crippen LogP contribution in [0.2, 0.25) is 0 Å². The number of benzene rings is 1. The molecule has 0 unspecified atom stereocenters. The molecule has 0 amide bonds. The maximum absolute atomic E-state index is 10.5. The summed E-state index contributed by atoms with van der Waals surface area (Å²) >= 11 is 0. The van der Waals surface area contributed by atoms with E-state index in [4.69, 9.17) is 5.11 Å². The number of hydrogen-bond acceptors (Lipinski definition) is 2. The summed E-state index contributed by atoms with van der Waals surface area (Å²) in [5.41, 5.74) is 2.18. The molecule has 1 aliphatic rings. The van der Waals surface area contributed by atoms with E-state index in [2.05, 4.69) is 24.1 Å². The highest BCUT2D eigenvalue weighted by Gasteiger charge is 2.19. The highest BCUT2D eigenvalue weighted by Crippen LogP contribution is 2.23. The lowest BCUT2D eigenvalue weighted by Crippen LogP contribution is -2.28. The van der Waals surface area contributed by atoms with Crippen LogP contribution in [0.15, 0.2) is 30.3 Å². The maximum Gasteiger partial charge on any atom is 0.328 e. The molecule has 1 saturated carbocycles. The third-order valence-corrected chi connectivity index (χ3v) is 3.75. The Morgan fingerprint density at radius 2 is 2.16 bits per heavy atom. The van der Waals surface area contributed by atoms with E-state index in [9.17, 15) is 4.79 Å². The van der Waals surface area contributed by atoms with Crippen molar-refractivity contribution in [2.75, 3.05) is 7.05 Å². The van der Waals surface area contributed by atoms with Gasteiger partial charge in [-0.25, -0.2) is 4.79 Å². The lowest BCUT2D eigenvalue weighted by molar-refractivity contribution is -0.131. The minimum Gasteiger partial charge on any atom is -0.478 e. The van der Waals surface area contributed by atoms with Crippen molar-refractivity contribution in [3.63, 3.8) is 0 Å². The Bertz CT molecular complexity index is 462. The van der Waals surface area contributed by atoms with Gasteiger partial charge in [0.15, 0.2) is 0 Å². The predicted octanol–water partition coefficient (Wildman–Crippen LogP) is 3.16. The van der Waals surface area contributed by atoms with Crippen molar-refractivity contribution in [1.29, 1.82) is 0 Å². The minimum atomic E-state index is -0.909. The molecule has 1 fully saturated rings. The second kappa shape index (κ2) is 6.53. The molecule has 2 rings (SSSR count). The van der Waals surface area contributed by atoms with E-state index in [0.29, 0.717) is 6.04 Å². The van der Waals surface area contributed by atoms with Gasteiger partial charge in [-0.1, -0.05) is 37.1 Å². The van der Waals surface area contributed by atoms with Gasteiger partial charge in [0.05, 0.1) is 0 Å². The molecule has 1 N–H and O–H groups in total. The number of nitrogens with zero attached hydrogens (tertiary/aromatic N) is 1. The average Bonchev–Trinajstić information content (AvgIpc) is 2.91. The van der Waals surface area contributed by atoms with Crippen molar-refractivity contribution in [2.24, 2.45) is 0 Å². The number of carboxylic acid groups (broad SMARTS) is 1. The number of aliphatic carboxylic acids is 1. The molecule has 3 nitrogen and oxygen atoms in total. The highest BCUT2D eigenvalue weighted by atomic mass is 16.4. The van der Waals surface area contributed by atoms with E-state index in [0.717, 1.165) is 12.1 Å². The van der Waals surface area contributed by atoms with Gasteiger partial charge in [0.1, 0.15) is 0 Å². The zero-order valence-electron chi connectivity index (χ0n) is 11.4. The van der Waals surface area contributed by atoms with E-state index in [1.807, 2.05) is 12.1 Å². The van der Waals surface area contributed by atoms with Gasteiger partial charge in [0.25, 0.3) is 0 Å². The van der Waals surface area contributed by atoms with Crippen LogP contribution in [0.1, 0.15) is 36.8 Å². The molecule has 19 heavy (non-hydrogen) atoms. The molecule has 0 aliphatic heterocycles. The van der Waals surface area contributed by atoms with Gasteiger partial charge in [-0.3, -0.25) is 4.90 Å². The molecule has 0 aromatic heterocycles. The van der Waals surface area contributed by atoms with E-state index in [1.54, 1.807) is 6.08 Å². The molecule has 0 radical (unpaired) electrons. The SMILES string of the molecule is CN(Cc1cccc(/C=C/C(=O)O)c1)C1CCCC1. The van der Waals surface area contributed by atoms with Crippen LogP contribution >= 0.6 is 0 Å². The molecule has 0 spiro atoms. The lowest BCUT2D eigenvalue weighted by atomic mass is 10.1. The maximum atomic E-state index is 10.5. The summed E-state index contributed by atoms with van der Waals surface area (Å²) in [6.45, 7) is 0.930. The molecule has 1 aliphatic carbocycles. The van der Waals surface area contributed by atoms with Crippen LogP contribution in [0.5, 0.6) is 0 Å². The topological polar surface area (TPSA) is 40.5 Å². The molecule has 1 aromatic rings. The molecule has 0 atom stereocenters. The fourth-order valence-electron chi connectivity index (χ4n) is 2.72. The van der Waals surface area contributed by atoms with E-state index >= 15 is 0 Å². The van der Waals surface area contributed by atoms with Crippen molar-refractivity contribution in [1.82, 2.24) is 4.90 Å². The number of hydrogen-bond donors (Lipinski definition) is 1. The summed E-state index contributed by atoms with van der Waals surface area (Å²) in [7, 11) is 2.18. The third kappa shape index (κ3) is 4.21. The average molecular weight is 259 g/mol. The Morgan fingerprint density at radius 1 is 1.42 bits per heavy atom. The molecule has 0 bridgehead atoms. The van der Waals surface area contributed by atoms with Gasteiger partial charge in [-0.05, 0) is 37.1 Å². The summed E-state index contributed by atoms with van der Waals surface area (Å²) in [6.07, 6.45) is 8.11. The van der Waals surface area contributed by atoms with Crippen molar-refractivity contribution >= 4 is 12.0 Å². The summed E-state index contributed by atoms with van der Waals surface area (Å²) in [6, 6.07) is 8.78. The van der Waals surface area contributed by atoms with E-state index < -0.39 is 5.97 Å². The monoisotopic (exact) mass is 259 g/mol. The molecular weight excluding hydrogens is 238 g/mol. The van der Waals surface area contributed by atoms with Gasteiger partial charge < -0.3 is 5.11 Å². The first kappa shape index (κ1) is 13.8. The first-order valence-electron chi connectivity index (χ1n) is 6.85. The smallest absolute Gasteiger partial charge is 0.328 e. The largest absolute Gasteiger partial charge is 0.478 e. The number of carbonyl (C=O) groups is 1. The normalized spacial score (nSPS) is 16.5. The Kier molecular flexibility index (Phi) is 4.74. The summed E-state index contributed by atoms with van der Waals surface area (Å²) in [5.74, 6) is -0.909. The third-order valence-electron chi connectivity index (χ3n) is 3.75. The predicted molar refractivity (Wildman–Crippen MR) is 76.8 cm³/mol. The fourth-order valence-corrected chi connectivity index (χ4v) is 2.72. The van der Waals surface area contributed by atoms with Crippen LogP contribution in [-0.4, -0.2) is 29.1 Å². The second-order valence-corrected chi connectivity index (χ2v) is 5.27. The minimum absolute atomic E-state index is 0.707. The fraction of sp³-hybridized carbons (Fsp3) is 0.438. The highest BCUT2D eigenvalue weighted by molar-refractivity contribution is 5.85. The molecule has 0 saturated heterocycles. The van der Waals surface area contributed by atoms with Gasteiger partial charge >= 0.3 is 5.97 Å². The zero-order chi connectivity index (χ0) is 13.7. The number of carboxylic acids is 1. The van der Waals surface area contributed by atoms with E-state index in [-0.39, 0.29) is 0 Å². The summed E-state index contributed by atoms with van der Waals surface area (Å²) in [4.78, 5) is 12.9. The van der Waals surface area contributed by atoms with Gasteiger partial charge in [-0.2, -0.15) is 0 Å². The van der Waals surface area contributed by atoms with Crippen LogP contribution in [0.25, 0.3) is 6.08 Å². The van der Waals surface area contributed by atoms with Gasteiger partial charge in [-0.15, -0.1) is 0 Å². The number of rotatable bonds is 5. The second-order valence-electron chi connectivity index (χ2n) is 5.27. The van der Waals surface area contributed by atoms with Crippen LogP contribution in [0.3, 0.4) is 0 Å². The molecule has 1 aromatic carbocycles. The first-order valence-corrected chi connectivity index (χ1v) is 6.85. The van der Waals surface area contributed by atoms with Crippen LogP contribution in [-0.2, 0) is 11.3 Å². The van der Waals surface area contributed by atoms with Crippen molar-refractivity contribution < 1.29 is 9.90 Å². The standard InChI is InChI=1S/C16H21NO2/c1-17(15-7-2-3-8-15)12-14-6-4-5-13(11-14)9-10-16(18)19/h4-6,9-11,15H,2-3,7-8,12H2,1H3,(H,18,19)/b10-9+. The van der Waals surface area contributed by atoms with Crippen LogP contribution in [0, 0.1) is 0 Å². The molecular formula is C16H21NO2. The van der Waals surface area contributed by atoms with Crippen molar-refractivity contribution in [2.45, 2.75) is 38.3 Å². The molecule has 0 heterocycles. The lowest BCUT2D eigenvalue weighted by Gasteiger charge is -2.24. The van der Waals surface area contributed by atoms with Crippen LogP contribution < -0.4 is 0 Å². The molecule has 102 valence electrons. The Balaban J connectivity index is 2.00. The van der Waals surface area contributed by atoms with Crippen molar-refractivity contribution in [3.05, 3.63) is 41.5 Å². The molecule has 3 heteroatoms. The Hall–Kier alpha value is -1.61. The van der Waals surface area contributed by atoms with Gasteiger partial charge in [0.2, 0.25) is 0 Å². The van der Waals surface area contributed by atoms with Gasteiger partial charge in [0, 0.05) is 18.7 Å². The van der Waals surface area contributed by atoms with E-state index in [1.165, 1.54) is 37.3 Å².